The van der Waals surface area contributed by atoms with E-state index >= 15 is 0 Å². The molecule has 0 aliphatic carbocycles. The maximum absolute atomic E-state index is 13.2. The predicted molar refractivity (Wildman–Crippen MR) is 108 cm³/mol. The highest BCUT2D eigenvalue weighted by molar-refractivity contribution is 5.87. The van der Waals surface area contributed by atoms with E-state index in [0.29, 0.717) is 19.7 Å². The molecule has 28 heavy (non-hydrogen) atoms. The summed E-state index contributed by atoms with van der Waals surface area (Å²) in [4.78, 5) is 22.0. The number of aromatic nitrogens is 2. The van der Waals surface area contributed by atoms with Crippen molar-refractivity contribution in [1.82, 2.24) is 20.6 Å². The van der Waals surface area contributed by atoms with E-state index in [2.05, 4.69) is 20.6 Å². The molecule has 6 nitrogen and oxygen atoms in total. The van der Waals surface area contributed by atoms with Crippen molar-refractivity contribution in [3.05, 3.63) is 72.2 Å². The van der Waals surface area contributed by atoms with E-state index < -0.39 is 11.1 Å². The quantitative estimate of drug-likeness (QED) is 0.732. The number of rotatable bonds is 4. The van der Waals surface area contributed by atoms with Gasteiger partial charge in [-0.05, 0) is 49.7 Å². The molecule has 1 aliphatic rings. The first-order valence-electron chi connectivity index (χ1n) is 9.45. The van der Waals surface area contributed by atoms with Gasteiger partial charge in [-0.1, -0.05) is 18.2 Å². The molecule has 2 unspecified atom stereocenters. The summed E-state index contributed by atoms with van der Waals surface area (Å²) in [7, 11) is 0. The van der Waals surface area contributed by atoms with Crippen molar-refractivity contribution >= 4 is 16.8 Å². The van der Waals surface area contributed by atoms with Crippen LogP contribution in [0, 0.1) is 0 Å². The van der Waals surface area contributed by atoms with Crippen LogP contribution >= 0.6 is 0 Å². The molecule has 0 radical (unpaired) electrons. The first-order valence-corrected chi connectivity index (χ1v) is 9.45. The monoisotopic (exact) mass is 376 g/mol. The van der Waals surface area contributed by atoms with Crippen LogP contribution < -0.4 is 10.6 Å². The lowest BCUT2D eigenvalue weighted by atomic mass is 9.77. The van der Waals surface area contributed by atoms with Crippen LogP contribution in [0.5, 0.6) is 0 Å². The lowest BCUT2D eigenvalue weighted by molar-refractivity contribution is -0.167. The lowest BCUT2D eigenvalue weighted by Gasteiger charge is -2.48. The number of nitrogens with one attached hydrogen (secondary N) is 2. The van der Waals surface area contributed by atoms with E-state index in [1.165, 1.54) is 0 Å². The van der Waals surface area contributed by atoms with Gasteiger partial charge in [-0.25, -0.2) is 0 Å². The fourth-order valence-electron chi connectivity index (χ4n) is 3.74. The Bertz CT molecular complexity index is 994. The molecule has 0 bridgehead atoms. The zero-order valence-corrected chi connectivity index (χ0v) is 16.1. The summed E-state index contributed by atoms with van der Waals surface area (Å²) in [5.74, 6) is -0.167. The smallest absolute Gasteiger partial charge is 0.254 e. The third-order valence-electron chi connectivity index (χ3n) is 5.66. The van der Waals surface area contributed by atoms with Gasteiger partial charge in [-0.15, -0.1) is 0 Å². The van der Waals surface area contributed by atoms with Gasteiger partial charge >= 0.3 is 0 Å². The zero-order valence-electron chi connectivity index (χ0n) is 16.1. The molecule has 144 valence electrons. The molecule has 3 aromatic rings. The molecule has 2 N–H and O–H groups in total. The summed E-state index contributed by atoms with van der Waals surface area (Å²) in [6, 6.07) is 15.6. The van der Waals surface area contributed by atoms with Crippen LogP contribution in [-0.4, -0.2) is 34.6 Å². The Morgan fingerprint density at radius 2 is 2.00 bits per heavy atom. The Kier molecular flexibility index (Phi) is 4.83. The largest absolute Gasteiger partial charge is 0.362 e. The van der Waals surface area contributed by atoms with Crippen molar-refractivity contribution < 1.29 is 9.53 Å². The van der Waals surface area contributed by atoms with E-state index in [0.717, 1.165) is 22.2 Å². The molecule has 1 fully saturated rings. The van der Waals surface area contributed by atoms with Crippen molar-refractivity contribution in [2.45, 2.75) is 31.5 Å². The predicted octanol–water partition coefficient (Wildman–Crippen LogP) is 2.54. The highest BCUT2D eigenvalue weighted by Crippen LogP contribution is 2.37. The summed E-state index contributed by atoms with van der Waals surface area (Å²) in [6.45, 7) is 5.34. The van der Waals surface area contributed by atoms with Gasteiger partial charge in [0.1, 0.15) is 0 Å². The average Bonchev–Trinajstić information content (AvgIpc) is 2.74. The third kappa shape index (κ3) is 3.15. The highest BCUT2D eigenvalue weighted by Gasteiger charge is 2.55. The second-order valence-corrected chi connectivity index (χ2v) is 7.36. The fourth-order valence-corrected chi connectivity index (χ4v) is 3.74. The van der Waals surface area contributed by atoms with Crippen LogP contribution in [-0.2, 0) is 21.6 Å². The van der Waals surface area contributed by atoms with Crippen LogP contribution in [0.25, 0.3) is 10.9 Å². The Morgan fingerprint density at radius 3 is 2.82 bits per heavy atom. The average molecular weight is 376 g/mol. The van der Waals surface area contributed by atoms with Gasteiger partial charge in [0.25, 0.3) is 5.91 Å². The number of hydrogen-bond donors (Lipinski definition) is 2. The van der Waals surface area contributed by atoms with Gasteiger partial charge in [-0.3, -0.25) is 14.8 Å². The van der Waals surface area contributed by atoms with Crippen LogP contribution in [0.3, 0.4) is 0 Å². The number of fused-ring (bicyclic) bond motifs is 1. The standard InChI is InChI=1S/C22H24N4O2/c1-21(19-7-3-4-10-24-19)22(2,28-13-12-26-21)20(27)25-15-16-8-9-18-17(14-16)6-5-11-23-18/h3-11,14,26H,12-13,15H2,1-2H3,(H,25,27). The molecule has 0 saturated carbocycles. The molecule has 1 amide bonds. The maximum atomic E-state index is 13.2. The minimum absolute atomic E-state index is 0.167. The molecule has 1 aliphatic heterocycles. The number of carbonyl (C=O) groups excluding carboxylic acids is 1. The topological polar surface area (TPSA) is 76.1 Å². The normalized spacial score (nSPS) is 24.8. The van der Waals surface area contributed by atoms with Crippen molar-refractivity contribution in [3.63, 3.8) is 0 Å². The molecular formula is C22H24N4O2. The minimum Gasteiger partial charge on any atom is -0.362 e. The minimum atomic E-state index is -1.09. The maximum Gasteiger partial charge on any atom is 0.254 e. The Hall–Kier alpha value is -2.83. The zero-order chi connectivity index (χ0) is 19.6. The van der Waals surface area contributed by atoms with E-state index in [1.54, 1.807) is 12.4 Å². The Morgan fingerprint density at radius 1 is 1.14 bits per heavy atom. The summed E-state index contributed by atoms with van der Waals surface area (Å²) >= 11 is 0. The second-order valence-electron chi connectivity index (χ2n) is 7.36. The van der Waals surface area contributed by atoms with Gasteiger partial charge in [0.05, 0.1) is 23.4 Å². The number of carbonyl (C=O) groups is 1. The van der Waals surface area contributed by atoms with Crippen molar-refractivity contribution in [2.24, 2.45) is 0 Å². The summed E-state index contributed by atoms with van der Waals surface area (Å²) in [5.41, 5.74) is 0.916. The van der Waals surface area contributed by atoms with E-state index in [4.69, 9.17) is 4.74 Å². The van der Waals surface area contributed by atoms with Crippen molar-refractivity contribution in [1.29, 1.82) is 0 Å². The van der Waals surface area contributed by atoms with Crippen molar-refractivity contribution in [2.75, 3.05) is 13.2 Å². The van der Waals surface area contributed by atoms with Crippen LogP contribution in [0.2, 0.25) is 0 Å². The van der Waals surface area contributed by atoms with Crippen LogP contribution in [0.15, 0.2) is 60.9 Å². The molecule has 3 heterocycles. The molecular weight excluding hydrogens is 352 g/mol. The number of ether oxygens (including phenoxy) is 1. The fraction of sp³-hybridized carbons (Fsp3) is 0.318. The molecule has 0 spiro atoms. The van der Waals surface area contributed by atoms with Crippen LogP contribution in [0.4, 0.5) is 0 Å². The highest BCUT2D eigenvalue weighted by atomic mass is 16.5. The summed E-state index contributed by atoms with van der Waals surface area (Å²) in [5, 5.41) is 7.55. The van der Waals surface area contributed by atoms with Crippen LogP contribution in [0.1, 0.15) is 25.1 Å². The van der Waals surface area contributed by atoms with Gasteiger partial charge in [0.2, 0.25) is 0 Å². The third-order valence-corrected chi connectivity index (χ3v) is 5.66. The lowest BCUT2D eigenvalue weighted by Crippen LogP contribution is -2.68. The van der Waals surface area contributed by atoms with E-state index in [1.807, 2.05) is 62.4 Å². The number of benzene rings is 1. The second kappa shape index (κ2) is 7.30. The summed E-state index contributed by atoms with van der Waals surface area (Å²) < 4.78 is 6.03. The van der Waals surface area contributed by atoms with E-state index in [-0.39, 0.29) is 5.91 Å². The molecule has 1 aromatic carbocycles. The molecule has 4 rings (SSSR count). The Balaban J connectivity index is 1.56. The van der Waals surface area contributed by atoms with Gasteiger partial charge in [0.15, 0.2) is 5.60 Å². The molecule has 2 aromatic heterocycles. The molecule has 6 heteroatoms. The SMILES string of the molecule is CC1(C(=O)NCc2ccc3ncccc3c2)OCCNC1(C)c1ccccn1. The number of hydrogen-bond acceptors (Lipinski definition) is 5. The number of nitrogens with zero attached hydrogens (tertiary/aromatic N) is 2. The molecule has 1 saturated heterocycles. The number of morpholine rings is 1. The number of pyridine rings is 2. The van der Waals surface area contributed by atoms with E-state index in [9.17, 15) is 4.79 Å². The first-order chi connectivity index (χ1) is 13.5. The van der Waals surface area contributed by atoms with Gasteiger partial charge in [-0.2, -0.15) is 0 Å². The number of amides is 1. The molecule has 2 atom stereocenters. The first kappa shape index (κ1) is 18.5. The van der Waals surface area contributed by atoms with Crippen molar-refractivity contribution in [3.8, 4) is 0 Å². The van der Waals surface area contributed by atoms with Gasteiger partial charge in [0, 0.05) is 30.9 Å². The van der Waals surface area contributed by atoms with Gasteiger partial charge < -0.3 is 15.4 Å². The summed E-state index contributed by atoms with van der Waals surface area (Å²) in [6.07, 6.45) is 3.51. The Labute approximate surface area is 164 Å².